The molecule has 4 heteroatoms. The first-order valence-corrected chi connectivity index (χ1v) is 8.80. The Morgan fingerprint density at radius 2 is 1.65 bits per heavy atom. The Hall–Kier alpha value is -2.04. The molecule has 0 saturated carbocycles. The van der Waals surface area contributed by atoms with Gasteiger partial charge in [-0.05, 0) is 49.7 Å². The molecule has 26 heavy (non-hydrogen) atoms. The summed E-state index contributed by atoms with van der Waals surface area (Å²) in [5, 5.41) is 0. The maximum Gasteiger partial charge on any atom is 0.131 e. The molecule has 2 aromatic carbocycles. The van der Waals surface area contributed by atoms with E-state index in [1.807, 2.05) is 19.2 Å². The number of ether oxygens (including phenoxy) is 1. The van der Waals surface area contributed by atoms with Crippen LogP contribution in [0.3, 0.4) is 0 Å². The Labute approximate surface area is 155 Å². The number of nitrogens with zero attached hydrogens (tertiary/aromatic N) is 1. The van der Waals surface area contributed by atoms with Crippen molar-refractivity contribution in [1.29, 1.82) is 0 Å². The molecule has 0 bridgehead atoms. The van der Waals surface area contributed by atoms with Gasteiger partial charge in [0.15, 0.2) is 0 Å². The van der Waals surface area contributed by atoms with Crippen molar-refractivity contribution in [2.24, 2.45) is 0 Å². The van der Waals surface area contributed by atoms with E-state index in [0.717, 1.165) is 13.1 Å². The van der Waals surface area contributed by atoms with Crippen LogP contribution < -0.4 is 0 Å². The fraction of sp³-hybridized carbons (Fsp3) is 0.364. The van der Waals surface area contributed by atoms with Gasteiger partial charge < -0.3 is 9.64 Å². The molecule has 0 radical (unpaired) electrons. The molecule has 0 saturated heterocycles. The van der Waals surface area contributed by atoms with Gasteiger partial charge in [0.1, 0.15) is 11.6 Å². The van der Waals surface area contributed by atoms with Crippen LogP contribution in [0.2, 0.25) is 0 Å². The second kappa shape index (κ2) is 9.60. The molecule has 2 nitrogen and oxygen atoms in total. The molecule has 0 amide bonds. The number of aryl methyl sites for hydroxylation is 2. The van der Waals surface area contributed by atoms with Gasteiger partial charge in [0, 0.05) is 24.6 Å². The van der Waals surface area contributed by atoms with Crippen LogP contribution in [0, 0.1) is 25.5 Å². The third kappa shape index (κ3) is 5.23. The normalized spacial score (nSPS) is 12.4. The van der Waals surface area contributed by atoms with Gasteiger partial charge in [-0.3, -0.25) is 0 Å². The lowest BCUT2D eigenvalue weighted by Gasteiger charge is -2.26. The summed E-state index contributed by atoms with van der Waals surface area (Å²) in [6.45, 7) is 9.80. The number of hydrogen-bond donors (Lipinski definition) is 0. The molecule has 0 aliphatic heterocycles. The predicted octanol–water partition coefficient (Wildman–Crippen LogP) is 5.00. The third-order valence-corrected chi connectivity index (χ3v) is 4.55. The van der Waals surface area contributed by atoms with E-state index in [9.17, 15) is 8.78 Å². The molecular weight excluding hydrogens is 332 g/mol. The van der Waals surface area contributed by atoms with Crippen LogP contribution in [0.25, 0.3) is 0 Å². The molecule has 140 valence electrons. The van der Waals surface area contributed by atoms with E-state index in [1.54, 1.807) is 0 Å². The molecule has 0 aromatic heterocycles. The molecule has 0 fully saturated rings. The van der Waals surface area contributed by atoms with Gasteiger partial charge in [0.2, 0.25) is 0 Å². The monoisotopic (exact) mass is 359 g/mol. The average molecular weight is 359 g/mol. The highest BCUT2D eigenvalue weighted by Gasteiger charge is 2.19. The Balaban J connectivity index is 2.15. The second-order valence-electron chi connectivity index (χ2n) is 6.73. The number of rotatable bonds is 9. The zero-order valence-electron chi connectivity index (χ0n) is 15.8. The molecule has 0 aliphatic carbocycles. The molecule has 0 heterocycles. The van der Waals surface area contributed by atoms with Crippen LogP contribution >= 0.6 is 0 Å². The lowest BCUT2D eigenvalue weighted by atomic mass is 9.91. The van der Waals surface area contributed by atoms with Crippen molar-refractivity contribution in [3.63, 3.8) is 0 Å². The highest BCUT2D eigenvalue weighted by atomic mass is 19.1. The van der Waals surface area contributed by atoms with Crippen molar-refractivity contribution < 1.29 is 13.5 Å². The predicted molar refractivity (Wildman–Crippen MR) is 102 cm³/mol. The van der Waals surface area contributed by atoms with Gasteiger partial charge in [-0.25, -0.2) is 8.78 Å². The summed E-state index contributed by atoms with van der Waals surface area (Å²) in [5.74, 6) is -1.04. The summed E-state index contributed by atoms with van der Waals surface area (Å²) in [7, 11) is 2.03. The lowest BCUT2D eigenvalue weighted by Crippen LogP contribution is -2.28. The molecule has 0 N–H and O–H groups in total. The molecular formula is C22H27F2NO. The maximum absolute atomic E-state index is 13.8. The molecule has 0 spiro atoms. The van der Waals surface area contributed by atoms with E-state index in [2.05, 4.69) is 37.5 Å². The minimum absolute atomic E-state index is 0.0211. The Morgan fingerprint density at radius 3 is 2.23 bits per heavy atom. The van der Waals surface area contributed by atoms with Crippen molar-refractivity contribution in [2.45, 2.75) is 26.4 Å². The van der Waals surface area contributed by atoms with Crippen LogP contribution in [0.4, 0.5) is 8.78 Å². The van der Waals surface area contributed by atoms with Crippen LogP contribution in [0.15, 0.2) is 49.1 Å². The summed E-state index contributed by atoms with van der Waals surface area (Å²) in [6.07, 6.45) is 1.86. The summed E-state index contributed by atoms with van der Waals surface area (Å²) >= 11 is 0. The topological polar surface area (TPSA) is 12.5 Å². The van der Waals surface area contributed by atoms with Crippen LogP contribution in [-0.4, -0.2) is 31.6 Å². The van der Waals surface area contributed by atoms with Crippen molar-refractivity contribution >= 4 is 0 Å². The maximum atomic E-state index is 13.8. The average Bonchev–Trinajstić information content (AvgIpc) is 2.57. The Kier molecular flexibility index (Phi) is 7.49. The molecule has 1 atom stereocenters. The van der Waals surface area contributed by atoms with E-state index in [4.69, 9.17) is 4.74 Å². The van der Waals surface area contributed by atoms with Crippen molar-refractivity contribution in [3.8, 4) is 0 Å². The minimum atomic E-state index is -0.572. The number of hydrogen-bond acceptors (Lipinski definition) is 2. The Morgan fingerprint density at radius 1 is 1.08 bits per heavy atom. The van der Waals surface area contributed by atoms with E-state index in [1.165, 1.54) is 34.9 Å². The van der Waals surface area contributed by atoms with Gasteiger partial charge in [-0.1, -0.05) is 30.3 Å². The minimum Gasteiger partial charge on any atom is -0.376 e. The van der Waals surface area contributed by atoms with Crippen molar-refractivity contribution in [2.75, 3.05) is 26.7 Å². The standard InChI is InChI=1S/C22H27F2NO/c1-5-12-25(4)13-18(22-16(2)8-6-9-17(22)3)14-26-15-19-20(23)10-7-11-21(19)24/h5-11,18H,1,12-15H2,2-4H3. The van der Waals surface area contributed by atoms with E-state index >= 15 is 0 Å². The van der Waals surface area contributed by atoms with Crippen LogP contribution in [-0.2, 0) is 11.3 Å². The first-order chi connectivity index (χ1) is 12.4. The quantitative estimate of drug-likeness (QED) is 0.584. The number of likely N-dealkylation sites (N-methyl/N-ethyl adjacent to an activating group) is 1. The smallest absolute Gasteiger partial charge is 0.131 e. The first kappa shape index (κ1) is 20.3. The van der Waals surface area contributed by atoms with Gasteiger partial charge >= 0.3 is 0 Å². The fourth-order valence-corrected chi connectivity index (χ4v) is 3.34. The molecule has 2 rings (SSSR count). The van der Waals surface area contributed by atoms with Gasteiger partial charge in [0.25, 0.3) is 0 Å². The fourth-order valence-electron chi connectivity index (χ4n) is 3.34. The van der Waals surface area contributed by atoms with Gasteiger partial charge in [0.05, 0.1) is 13.2 Å². The highest BCUT2D eigenvalue weighted by Crippen LogP contribution is 2.26. The summed E-state index contributed by atoms with van der Waals surface area (Å²) < 4.78 is 33.3. The van der Waals surface area contributed by atoms with Gasteiger partial charge in [-0.2, -0.15) is 0 Å². The third-order valence-electron chi connectivity index (χ3n) is 4.55. The summed E-state index contributed by atoms with van der Waals surface area (Å²) in [6, 6.07) is 10.1. The van der Waals surface area contributed by atoms with E-state index in [-0.39, 0.29) is 18.1 Å². The number of benzene rings is 2. The zero-order chi connectivity index (χ0) is 19.1. The number of halogens is 2. The second-order valence-corrected chi connectivity index (χ2v) is 6.73. The Bertz CT molecular complexity index is 704. The summed E-state index contributed by atoms with van der Waals surface area (Å²) in [4.78, 5) is 2.16. The zero-order valence-corrected chi connectivity index (χ0v) is 15.8. The van der Waals surface area contributed by atoms with E-state index in [0.29, 0.717) is 6.61 Å². The SMILES string of the molecule is C=CCN(C)CC(COCc1c(F)cccc1F)c1c(C)cccc1C. The molecule has 1 unspecified atom stereocenters. The highest BCUT2D eigenvalue weighted by molar-refractivity contribution is 5.37. The lowest BCUT2D eigenvalue weighted by molar-refractivity contribution is 0.0937. The molecule has 2 aromatic rings. The summed E-state index contributed by atoms with van der Waals surface area (Å²) in [5.41, 5.74) is 3.61. The largest absolute Gasteiger partial charge is 0.376 e. The van der Waals surface area contributed by atoms with Crippen LogP contribution in [0.1, 0.15) is 28.2 Å². The van der Waals surface area contributed by atoms with Gasteiger partial charge in [-0.15, -0.1) is 6.58 Å². The first-order valence-electron chi connectivity index (χ1n) is 8.80. The van der Waals surface area contributed by atoms with Crippen molar-refractivity contribution in [3.05, 3.63) is 82.9 Å². The molecule has 0 aliphatic rings. The van der Waals surface area contributed by atoms with E-state index < -0.39 is 11.6 Å². The van der Waals surface area contributed by atoms with Crippen LogP contribution in [0.5, 0.6) is 0 Å². The van der Waals surface area contributed by atoms with Crippen molar-refractivity contribution in [1.82, 2.24) is 4.90 Å².